The van der Waals surface area contributed by atoms with Crippen molar-refractivity contribution in [3.8, 4) is 0 Å². The van der Waals surface area contributed by atoms with E-state index < -0.39 is 0 Å². The van der Waals surface area contributed by atoms with Crippen LogP contribution in [0.5, 0.6) is 0 Å². The summed E-state index contributed by atoms with van der Waals surface area (Å²) in [6.07, 6.45) is 5.78. The van der Waals surface area contributed by atoms with Crippen molar-refractivity contribution in [3.63, 3.8) is 0 Å². The zero-order valence-electron chi connectivity index (χ0n) is 9.74. The summed E-state index contributed by atoms with van der Waals surface area (Å²) in [4.78, 5) is 2.49. The molecular weight excluding hydrogens is 206 g/mol. The van der Waals surface area contributed by atoms with Crippen molar-refractivity contribution in [2.75, 3.05) is 24.6 Å². The molecule has 2 aliphatic rings. The van der Waals surface area contributed by atoms with Gasteiger partial charge in [-0.2, -0.15) is 11.8 Å². The molecule has 88 valence electrons. The van der Waals surface area contributed by atoms with Crippen LogP contribution in [-0.4, -0.2) is 46.2 Å². The molecule has 3 heteroatoms. The van der Waals surface area contributed by atoms with E-state index in [0.717, 1.165) is 25.9 Å². The van der Waals surface area contributed by atoms with Crippen LogP contribution in [0, 0.1) is 0 Å². The van der Waals surface area contributed by atoms with Crippen molar-refractivity contribution in [2.45, 2.75) is 50.7 Å². The van der Waals surface area contributed by atoms with E-state index in [1.54, 1.807) is 0 Å². The lowest BCUT2D eigenvalue weighted by Crippen LogP contribution is -2.50. The fourth-order valence-corrected chi connectivity index (χ4v) is 3.82. The van der Waals surface area contributed by atoms with Gasteiger partial charge in [0.15, 0.2) is 0 Å². The van der Waals surface area contributed by atoms with Gasteiger partial charge >= 0.3 is 0 Å². The number of nitrogens with zero attached hydrogens (tertiary/aromatic N) is 1. The first-order valence-corrected chi connectivity index (χ1v) is 7.39. The maximum absolute atomic E-state index is 10.5. The Morgan fingerprint density at radius 2 is 2.07 bits per heavy atom. The summed E-state index contributed by atoms with van der Waals surface area (Å²) in [7, 11) is 0. The molecule has 2 fully saturated rings. The highest BCUT2D eigenvalue weighted by Gasteiger charge is 2.33. The highest BCUT2D eigenvalue weighted by atomic mass is 32.2. The van der Waals surface area contributed by atoms with Crippen LogP contribution in [0.1, 0.15) is 39.0 Å². The number of aliphatic hydroxyl groups is 1. The molecule has 2 nitrogen and oxygen atoms in total. The van der Waals surface area contributed by atoms with Crippen molar-refractivity contribution in [2.24, 2.45) is 0 Å². The van der Waals surface area contributed by atoms with Crippen LogP contribution in [0.2, 0.25) is 0 Å². The highest BCUT2D eigenvalue weighted by molar-refractivity contribution is 7.99. The second kappa shape index (κ2) is 5.07. The minimum absolute atomic E-state index is 0.367. The van der Waals surface area contributed by atoms with E-state index in [9.17, 15) is 5.11 Å². The van der Waals surface area contributed by atoms with Gasteiger partial charge in [-0.15, -0.1) is 0 Å². The molecule has 1 aliphatic carbocycles. The molecule has 1 heterocycles. The van der Waals surface area contributed by atoms with Crippen LogP contribution in [0.3, 0.4) is 0 Å². The van der Waals surface area contributed by atoms with E-state index in [1.807, 2.05) is 11.8 Å². The molecule has 0 aromatic carbocycles. The highest BCUT2D eigenvalue weighted by Crippen LogP contribution is 2.30. The van der Waals surface area contributed by atoms with Crippen molar-refractivity contribution in [1.29, 1.82) is 0 Å². The molecular formula is C12H23NOS. The number of thioether (sulfide) groups is 1. The Morgan fingerprint density at radius 1 is 1.33 bits per heavy atom. The summed E-state index contributed by atoms with van der Waals surface area (Å²) in [6.45, 7) is 4.36. The molecule has 0 aromatic rings. The first-order chi connectivity index (χ1) is 7.20. The molecule has 1 aliphatic heterocycles. The number of hydrogen-bond acceptors (Lipinski definition) is 3. The molecule has 0 amide bonds. The summed E-state index contributed by atoms with van der Waals surface area (Å²) in [5, 5.41) is 10.5. The van der Waals surface area contributed by atoms with Gasteiger partial charge in [0, 0.05) is 30.6 Å². The minimum Gasteiger partial charge on any atom is -0.389 e. The fraction of sp³-hybridized carbons (Fsp3) is 1.00. The first kappa shape index (κ1) is 11.7. The molecule has 15 heavy (non-hydrogen) atoms. The van der Waals surface area contributed by atoms with Crippen LogP contribution in [0.4, 0.5) is 0 Å². The van der Waals surface area contributed by atoms with Gasteiger partial charge < -0.3 is 5.11 Å². The molecule has 2 rings (SSSR count). The van der Waals surface area contributed by atoms with Crippen molar-refractivity contribution in [3.05, 3.63) is 0 Å². The Balaban J connectivity index is 1.88. The molecule has 0 bridgehead atoms. The van der Waals surface area contributed by atoms with E-state index in [1.165, 1.54) is 30.8 Å². The van der Waals surface area contributed by atoms with Gasteiger partial charge in [-0.1, -0.05) is 19.3 Å². The zero-order valence-corrected chi connectivity index (χ0v) is 10.6. The largest absolute Gasteiger partial charge is 0.389 e. The van der Waals surface area contributed by atoms with Gasteiger partial charge in [-0.05, 0) is 19.8 Å². The van der Waals surface area contributed by atoms with E-state index in [0.29, 0.717) is 6.04 Å². The second-order valence-electron chi connectivity index (χ2n) is 5.18. The van der Waals surface area contributed by atoms with Crippen molar-refractivity contribution < 1.29 is 5.11 Å². The van der Waals surface area contributed by atoms with Gasteiger partial charge in [0.25, 0.3) is 0 Å². The van der Waals surface area contributed by atoms with Crippen molar-refractivity contribution >= 4 is 11.8 Å². The standard InChI is InChI=1S/C12H23NOS/c1-11-9-15-8-7-13(11)10-12(14)5-3-2-4-6-12/h11,14H,2-10H2,1H3. The third-order valence-electron chi connectivity index (χ3n) is 3.79. The van der Waals surface area contributed by atoms with Crippen LogP contribution in [0.15, 0.2) is 0 Å². The van der Waals surface area contributed by atoms with E-state index in [-0.39, 0.29) is 5.60 Å². The number of rotatable bonds is 2. The quantitative estimate of drug-likeness (QED) is 0.784. The molecule has 0 spiro atoms. The monoisotopic (exact) mass is 229 g/mol. The average Bonchev–Trinajstić information content (AvgIpc) is 2.22. The summed E-state index contributed by atoms with van der Waals surface area (Å²) in [6, 6.07) is 0.648. The van der Waals surface area contributed by atoms with Gasteiger partial charge in [0.05, 0.1) is 5.60 Å². The number of hydrogen-bond donors (Lipinski definition) is 1. The predicted octanol–water partition coefficient (Wildman–Crippen LogP) is 2.12. The van der Waals surface area contributed by atoms with E-state index >= 15 is 0 Å². The van der Waals surface area contributed by atoms with Crippen LogP contribution < -0.4 is 0 Å². The second-order valence-corrected chi connectivity index (χ2v) is 6.33. The Morgan fingerprint density at radius 3 is 2.73 bits per heavy atom. The Labute approximate surface area is 97.4 Å². The maximum atomic E-state index is 10.5. The summed E-state index contributed by atoms with van der Waals surface area (Å²) in [5.41, 5.74) is -0.367. The lowest BCUT2D eigenvalue weighted by molar-refractivity contribution is -0.0316. The fourth-order valence-electron chi connectivity index (χ4n) is 2.74. The zero-order chi connectivity index (χ0) is 10.7. The van der Waals surface area contributed by atoms with Crippen LogP contribution in [-0.2, 0) is 0 Å². The molecule has 0 radical (unpaired) electrons. The molecule has 0 aromatic heterocycles. The summed E-state index contributed by atoms with van der Waals surface area (Å²) < 4.78 is 0. The SMILES string of the molecule is CC1CSCCN1CC1(O)CCCCC1. The third-order valence-corrected chi connectivity index (χ3v) is 4.98. The smallest absolute Gasteiger partial charge is 0.0774 e. The Hall–Kier alpha value is 0.270. The van der Waals surface area contributed by atoms with Crippen LogP contribution >= 0.6 is 11.8 Å². The molecule has 1 N–H and O–H groups in total. The molecule has 1 unspecified atom stereocenters. The normalized spacial score (nSPS) is 32.8. The lowest BCUT2D eigenvalue weighted by Gasteiger charge is -2.41. The molecule has 1 atom stereocenters. The van der Waals surface area contributed by atoms with Gasteiger partial charge in [-0.3, -0.25) is 4.90 Å². The van der Waals surface area contributed by atoms with Crippen LogP contribution in [0.25, 0.3) is 0 Å². The van der Waals surface area contributed by atoms with Gasteiger partial charge in [0.1, 0.15) is 0 Å². The van der Waals surface area contributed by atoms with Gasteiger partial charge in [-0.25, -0.2) is 0 Å². The molecule has 1 saturated carbocycles. The third kappa shape index (κ3) is 3.11. The van der Waals surface area contributed by atoms with Gasteiger partial charge in [0.2, 0.25) is 0 Å². The van der Waals surface area contributed by atoms with Crippen molar-refractivity contribution in [1.82, 2.24) is 4.90 Å². The average molecular weight is 229 g/mol. The summed E-state index contributed by atoms with van der Waals surface area (Å²) in [5.74, 6) is 2.47. The maximum Gasteiger partial charge on any atom is 0.0774 e. The number of β-amino-alcohol motifs (C(OH)–C–C–N with tert-alkyl or cyclic N) is 1. The predicted molar refractivity (Wildman–Crippen MR) is 66.4 cm³/mol. The Kier molecular flexibility index (Phi) is 3.97. The van der Waals surface area contributed by atoms with E-state index in [2.05, 4.69) is 11.8 Å². The minimum atomic E-state index is -0.367. The summed E-state index contributed by atoms with van der Waals surface area (Å²) >= 11 is 2.04. The molecule has 1 saturated heterocycles. The topological polar surface area (TPSA) is 23.5 Å². The first-order valence-electron chi connectivity index (χ1n) is 6.24. The van der Waals surface area contributed by atoms with E-state index in [4.69, 9.17) is 0 Å². The lowest BCUT2D eigenvalue weighted by atomic mass is 9.84. The Bertz CT molecular complexity index is 204.